The zero-order valence-electron chi connectivity index (χ0n) is 20.3. The van der Waals surface area contributed by atoms with Crippen LogP contribution in [0.2, 0.25) is 0 Å². The van der Waals surface area contributed by atoms with Crippen LogP contribution in [-0.4, -0.2) is 26.5 Å². The van der Waals surface area contributed by atoms with E-state index in [1.54, 1.807) is 12.3 Å². The second-order valence-corrected chi connectivity index (χ2v) is 9.89. The van der Waals surface area contributed by atoms with Gasteiger partial charge in [0.25, 0.3) is 5.56 Å². The molecular formula is C27H29BrN4O2. The molecule has 0 saturated heterocycles. The van der Waals surface area contributed by atoms with Gasteiger partial charge in [0.1, 0.15) is 11.6 Å². The third-order valence-corrected chi connectivity index (χ3v) is 6.09. The largest absolute Gasteiger partial charge is 0.491 e. The summed E-state index contributed by atoms with van der Waals surface area (Å²) < 4.78 is 10.2. The van der Waals surface area contributed by atoms with Crippen molar-refractivity contribution in [2.75, 3.05) is 0 Å². The summed E-state index contributed by atoms with van der Waals surface area (Å²) in [4.78, 5) is 18.0. The third-order valence-electron chi connectivity index (χ3n) is 5.60. The van der Waals surface area contributed by atoms with Gasteiger partial charge >= 0.3 is 0 Å². The number of ether oxygens (including phenoxy) is 1. The van der Waals surface area contributed by atoms with Crippen LogP contribution in [0.5, 0.6) is 5.75 Å². The number of rotatable bonds is 6. The Labute approximate surface area is 208 Å². The molecule has 0 fully saturated rings. The van der Waals surface area contributed by atoms with Crippen molar-refractivity contribution in [2.45, 2.75) is 53.6 Å². The molecule has 0 aliphatic heterocycles. The van der Waals surface area contributed by atoms with Gasteiger partial charge in [-0.1, -0.05) is 29.8 Å². The lowest BCUT2D eigenvalue weighted by Gasteiger charge is -2.13. The molecule has 6 nitrogen and oxygen atoms in total. The predicted octanol–water partition coefficient (Wildman–Crippen LogP) is 6.36. The number of hydrogen-bond donors (Lipinski definition) is 0. The van der Waals surface area contributed by atoms with E-state index in [-0.39, 0.29) is 17.6 Å². The van der Waals surface area contributed by atoms with Gasteiger partial charge in [-0.2, -0.15) is 9.78 Å². The molecule has 0 bridgehead atoms. The van der Waals surface area contributed by atoms with Gasteiger partial charge in [-0.25, -0.2) is 4.98 Å². The Kier molecular flexibility index (Phi) is 6.75. The van der Waals surface area contributed by atoms with Crippen molar-refractivity contribution in [3.63, 3.8) is 0 Å². The fourth-order valence-corrected chi connectivity index (χ4v) is 4.39. The van der Waals surface area contributed by atoms with Crippen molar-refractivity contribution in [2.24, 2.45) is 5.10 Å². The molecule has 0 N–H and O–H groups in total. The molecule has 2 aromatic carbocycles. The lowest BCUT2D eigenvalue weighted by molar-refractivity contribution is 0.242. The molecule has 34 heavy (non-hydrogen) atoms. The zero-order valence-corrected chi connectivity index (χ0v) is 21.9. The van der Waals surface area contributed by atoms with Crippen molar-refractivity contribution in [3.8, 4) is 11.4 Å². The highest BCUT2D eigenvalue weighted by Crippen LogP contribution is 2.23. The highest BCUT2D eigenvalue weighted by Gasteiger charge is 2.15. The molecule has 0 aliphatic carbocycles. The number of aromatic nitrogens is 3. The van der Waals surface area contributed by atoms with Crippen LogP contribution in [0, 0.1) is 13.8 Å². The molecule has 0 atom stereocenters. The lowest BCUT2D eigenvalue weighted by Crippen LogP contribution is -2.23. The van der Waals surface area contributed by atoms with Crippen LogP contribution in [0.4, 0.5) is 0 Å². The Morgan fingerprint density at radius 1 is 1.03 bits per heavy atom. The number of aryl methyl sites for hydroxylation is 1. The van der Waals surface area contributed by atoms with Crippen molar-refractivity contribution in [1.29, 1.82) is 0 Å². The normalized spacial score (nSPS) is 11.9. The van der Waals surface area contributed by atoms with E-state index in [4.69, 9.17) is 9.72 Å². The van der Waals surface area contributed by atoms with Crippen LogP contribution < -0.4 is 10.3 Å². The van der Waals surface area contributed by atoms with Crippen LogP contribution in [0.1, 0.15) is 56.4 Å². The Morgan fingerprint density at radius 2 is 1.74 bits per heavy atom. The third kappa shape index (κ3) is 4.71. The van der Waals surface area contributed by atoms with Crippen molar-refractivity contribution in [3.05, 3.63) is 86.1 Å². The molecular weight excluding hydrogens is 492 g/mol. The van der Waals surface area contributed by atoms with Gasteiger partial charge in [0.2, 0.25) is 0 Å². The van der Waals surface area contributed by atoms with E-state index in [9.17, 15) is 4.79 Å². The topological polar surface area (TPSA) is 61.4 Å². The standard InChI is InChI=1S/C27H29BrN4O2/c1-16(2)26-30-25-12-7-21(28)14-24(25)27(33)32(26)29-15-20-13-18(5)31(19(20)6)22-8-10-23(11-9-22)34-17(3)4/h7-17H,1-6H3. The molecule has 0 amide bonds. The SMILES string of the molecule is Cc1cc(C=Nn2c(C(C)C)nc3ccc(Br)cc3c2=O)c(C)n1-c1ccc(OC(C)C)cc1. The minimum Gasteiger partial charge on any atom is -0.491 e. The van der Waals surface area contributed by atoms with Gasteiger partial charge in [0, 0.05) is 33.0 Å². The molecule has 0 radical (unpaired) electrons. The molecule has 2 aromatic heterocycles. The van der Waals surface area contributed by atoms with Gasteiger partial charge in [0.15, 0.2) is 0 Å². The fraction of sp³-hybridized carbons (Fsp3) is 0.296. The van der Waals surface area contributed by atoms with Crippen LogP contribution in [0.3, 0.4) is 0 Å². The van der Waals surface area contributed by atoms with Crippen LogP contribution >= 0.6 is 15.9 Å². The summed E-state index contributed by atoms with van der Waals surface area (Å²) in [6, 6.07) is 15.7. The average Bonchev–Trinajstić information content (AvgIpc) is 3.06. The summed E-state index contributed by atoms with van der Waals surface area (Å²) in [7, 11) is 0. The maximum Gasteiger partial charge on any atom is 0.282 e. The van der Waals surface area contributed by atoms with Crippen molar-refractivity contribution >= 4 is 33.0 Å². The second kappa shape index (κ2) is 9.58. The van der Waals surface area contributed by atoms with Gasteiger partial charge in [-0.15, -0.1) is 0 Å². The first kappa shape index (κ1) is 24.0. The van der Waals surface area contributed by atoms with Crippen LogP contribution in [-0.2, 0) is 0 Å². The van der Waals surface area contributed by atoms with Crippen molar-refractivity contribution < 1.29 is 4.74 Å². The van der Waals surface area contributed by atoms with E-state index in [0.717, 1.165) is 32.9 Å². The van der Waals surface area contributed by atoms with Crippen LogP contribution in [0.15, 0.2) is 62.9 Å². The van der Waals surface area contributed by atoms with Gasteiger partial charge in [0.05, 0.1) is 23.2 Å². The Hall–Kier alpha value is -3.19. The first-order chi connectivity index (χ1) is 16.2. The Morgan fingerprint density at radius 3 is 2.38 bits per heavy atom. The number of halogens is 1. The summed E-state index contributed by atoms with van der Waals surface area (Å²) in [5, 5.41) is 5.13. The molecule has 7 heteroatoms. The molecule has 0 unspecified atom stereocenters. The summed E-state index contributed by atoms with van der Waals surface area (Å²) in [6.07, 6.45) is 1.88. The molecule has 176 valence electrons. The summed E-state index contributed by atoms with van der Waals surface area (Å²) in [5.74, 6) is 1.52. The van der Waals surface area contributed by atoms with E-state index >= 15 is 0 Å². The lowest BCUT2D eigenvalue weighted by atomic mass is 10.2. The number of benzene rings is 2. The Bertz CT molecular complexity index is 1430. The summed E-state index contributed by atoms with van der Waals surface area (Å²) >= 11 is 3.45. The number of nitrogens with zero attached hydrogens (tertiary/aromatic N) is 4. The van der Waals surface area contributed by atoms with Crippen molar-refractivity contribution in [1.82, 2.24) is 14.2 Å². The van der Waals surface area contributed by atoms with E-state index in [1.807, 2.05) is 64.1 Å². The first-order valence-electron chi connectivity index (χ1n) is 11.4. The van der Waals surface area contributed by atoms with E-state index < -0.39 is 0 Å². The Balaban J connectivity index is 1.75. The van der Waals surface area contributed by atoms with E-state index in [0.29, 0.717) is 16.7 Å². The highest BCUT2D eigenvalue weighted by molar-refractivity contribution is 9.10. The molecule has 4 aromatic rings. The highest BCUT2D eigenvalue weighted by atomic mass is 79.9. The molecule has 4 rings (SSSR count). The van der Waals surface area contributed by atoms with Gasteiger partial charge < -0.3 is 9.30 Å². The quantitative estimate of drug-likeness (QED) is 0.278. The minimum absolute atomic E-state index is 0.0388. The predicted molar refractivity (Wildman–Crippen MR) is 142 cm³/mol. The minimum atomic E-state index is -0.180. The maximum atomic E-state index is 13.3. The summed E-state index contributed by atoms with van der Waals surface area (Å²) in [6.45, 7) is 12.2. The average molecular weight is 521 g/mol. The maximum absolute atomic E-state index is 13.3. The number of fused-ring (bicyclic) bond motifs is 1. The molecule has 0 saturated carbocycles. The fourth-order valence-electron chi connectivity index (χ4n) is 4.03. The van der Waals surface area contributed by atoms with Gasteiger partial charge in [-0.05, 0) is 76.2 Å². The summed E-state index contributed by atoms with van der Waals surface area (Å²) in [5.41, 5.74) is 4.59. The number of hydrogen-bond acceptors (Lipinski definition) is 4. The second-order valence-electron chi connectivity index (χ2n) is 8.97. The smallest absolute Gasteiger partial charge is 0.282 e. The van der Waals surface area contributed by atoms with E-state index in [2.05, 4.69) is 45.5 Å². The van der Waals surface area contributed by atoms with E-state index in [1.165, 1.54) is 4.68 Å². The molecule has 0 spiro atoms. The zero-order chi connectivity index (χ0) is 24.6. The monoisotopic (exact) mass is 520 g/mol. The molecule has 2 heterocycles. The van der Waals surface area contributed by atoms with Gasteiger partial charge in [-0.3, -0.25) is 4.79 Å². The molecule has 0 aliphatic rings. The van der Waals surface area contributed by atoms with Crippen LogP contribution in [0.25, 0.3) is 16.6 Å². The first-order valence-corrected chi connectivity index (χ1v) is 12.2.